The van der Waals surface area contributed by atoms with E-state index in [1.54, 1.807) is 12.4 Å². The summed E-state index contributed by atoms with van der Waals surface area (Å²) in [6.45, 7) is 5.67. The van der Waals surface area contributed by atoms with E-state index in [2.05, 4.69) is 48.5 Å². The van der Waals surface area contributed by atoms with Crippen LogP contribution in [0.5, 0.6) is 0 Å². The van der Waals surface area contributed by atoms with Gasteiger partial charge in [0.2, 0.25) is 5.95 Å². The maximum atomic E-state index is 6.12. The summed E-state index contributed by atoms with van der Waals surface area (Å²) in [7, 11) is 2.10. The topological polar surface area (TPSA) is 63.0 Å². The lowest BCUT2D eigenvalue weighted by molar-refractivity contribution is 0.333. The highest BCUT2D eigenvalue weighted by Crippen LogP contribution is 2.31. The lowest BCUT2D eigenvalue weighted by Crippen LogP contribution is -2.34. The predicted molar refractivity (Wildman–Crippen MR) is 115 cm³/mol. The van der Waals surface area contributed by atoms with E-state index in [4.69, 9.17) is 11.6 Å². The van der Waals surface area contributed by atoms with Crippen molar-refractivity contribution in [2.45, 2.75) is 32.2 Å². The van der Waals surface area contributed by atoms with Gasteiger partial charge < -0.3 is 4.90 Å². The fraction of sp³-hybridized carbons (Fsp3) is 0.429. The molecule has 0 N–H and O–H groups in total. The molecule has 3 aromatic rings. The third-order valence-electron chi connectivity index (χ3n) is 5.49. The van der Waals surface area contributed by atoms with E-state index in [9.17, 15) is 0 Å². The number of aromatic nitrogens is 5. The summed E-state index contributed by atoms with van der Waals surface area (Å²) in [4.78, 5) is 13.2. The van der Waals surface area contributed by atoms with Crippen molar-refractivity contribution >= 4 is 17.5 Å². The zero-order valence-electron chi connectivity index (χ0n) is 16.9. The molecule has 0 aliphatic carbocycles. The Labute approximate surface area is 176 Å². The number of rotatable bonds is 6. The van der Waals surface area contributed by atoms with E-state index < -0.39 is 0 Å². The quantitative estimate of drug-likeness (QED) is 0.618. The van der Waals surface area contributed by atoms with E-state index in [1.165, 1.54) is 0 Å². The smallest absolute Gasteiger partial charge is 0.225 e. The standard InChI is InChI=1S/C21H26ClN7/c1-3-27(2)15-19-25-26-20(29(19)18-7-5-17(22)6-8-18)16-9-13-28(14-10-16)21-23-11-4-12-24-21/h4-8,11-12,16H,3,9-10,13-15H2,1-2H3. The summed E-state index contributed by atoms with van der Waals surface area (Å²) in [6.07, 6.45) is 5.57. The molecule has 1 aromatic carbocycles. The van der Waals surface area contributed by atoms with Crippen molar-refractivity contribution in [2.75, 3.05) is 31.6 Å². The Morgan fingerprint density at radius 2 is 1.76 bits per heavy atom. The minimum Gasteiger partial charge on any atom is -0.341 e. The van der Waals surface area contributed by atoms with Crippen LogP contribution in [-0.4, -0.2) is 56.3 Å². The summed E-state index contributed by atoms with van der Waals surface area (Å²) in [5.74, 6) is 3.13. The lowest BCUT2D eigenvalue weighted by atomic mass is 9.96. The molecule has 1 aliphatic rings. The first-order chi connectivity index (χ1) is 14.2. The average Bonchev–Trinajstić information content (AvgIpc) is 3.18. The molecule has 152 valence electrons. The van der Waals surface area contributed by atoms with Crippen LogP contribution >= 0.6 is 11.6 Å². The number of benzene rings is 1. The van der Waals surface area contributed by atoms with Crippen LogP contribution < -0.4 is 4.90 Å². The number of piperidine rings is 1. The molecule has 0 spiro atoms. The first-order valence-corrected chi connectivity index (χ1v) is 10.4. The molecule has 0 atom stereocenters. The van der Waals surface area contributed by atoms with Crippen molar-refractivity contribution < 1.29 is 0 Å². The number of halogens is 1. The van der Waals surface area contributed by atoms with Crippen molar-refractivity contribution in [1.29, 1.82) is 0 Å². The molecule has 2 aromatic heterocycles. The zero-order chi connectivity index (χ0) is 20.2. The fourth-order valence-electron chi connectivity index (χ4n) is 3.71. The molecule has 29 heavy (non-hydrogen) atoms. The second kappa shape index (κ2) is 8.88. The average molecular weight is 412 g/mol. The fourth-order valence-corrected chi connectivity index (χ4v) is 3.84. The number of hydrogen-bond acceptors (Lipinski definition) is 6. The SMILES string of the molecule is CCN(C)Cc1nnc(C2CCN(c3ncccn3)CC2)n1-c1ccc(Cl)cc1. The minimum atomic E-state index is 0.346. The normalized spacial score (nSPS) is 15.2. The van der Waals surface area contributed by atoms with Gasteiger partial charge in [-0.05, 0) is 56.8 Å². The van der Waals surface area contributed by atoms with E-state index in [0.29, 0.717) is 5.92 Å². The van der Waals surface area contributed by atoms with Crippen LogP contribution in [0.4, 0.5) is 5.95 Å². The van der Waals surface area contributed by atoms with Gasteiger partial charge in [0.05, 0.1) is 6.54 Å². The molecule has 0 radical (unpaired) electrons. The maximum Gasteiger partial charge on any atom is 0.225 e. The third-order valence-corrected chi connectivity index (χ3v) is 5.74. The Kier molecular flexibility index (Phi) is 6.06. The van der Waals surface area contributed by atoms with Gasteiger partial charge in [-0.25, -0.2) is 9.97 Å². The Bertz CT molecular complexity index is 918. The Hall–Kier alpha value is -2.51. The highest BCUT2D eigenvalue weighted by atomic mass is 35.5. The van der Waals surface area contributed by atoms with E-state index in [-0.39, 0.29) is 0 Å². The van der Waals surface area contributed by atoms with Crippen molar-refractivity contribution in [1.82, 2.24) is 29.6 Å². The van der Waals surface area contributed by atoms with Crippen LogP contribution in [0.3, 0.4) is 0 Å². The second-order valence-corrected chi connectivity index (χ2v) is 7.86. The molecule has 0 saturated carbocycles. The zero-order valence-corrected chi connectivity index (χ0v) is 17.6. The molecule has 8 heteroatoms. The lowest BCUT2D eigenvalue weighted by Gasteiger charge is -2.31. The van der Waals surface area contributed by atoms with Gasteiger partial charge in [0.1, 0.15) is 5.82 Å². The molecule has 7 nitrogen and oxygen atoms in total. The maximum absolute atomic E-state index is 6.12. The van der Waals surface area contributed by atoms with Crippen molar-refractivity contribution in [3.05, 3.63) is 59.4 Å². The van der Waals surface area contributed by atoms with Crippen LogP contribution in [0.2, 0.25) is 5.02 Å². The van der Waals surface area contributed by atoms with Gasteiger partial charge in [-0.2, -0.15) is 0 Å². The predicted octanol–water partition coefficient (Wildman–Crippen LogP) is 3.55. The molecular formula is C21H26ClN7. The summed E-state index contributed by atoms with van der Waals surface area (Å²) < 4.78 is 2.21. The molecule has 0 amide bonds. The van der Waals surface area contributed by atoms with Gasteiger partial charge in [0.25, 0.3) is 0 Å². The Morgan fingerprint density at radius 3 is 2.41 bits per heavy atom. The van der Waals surface area contributed by atoms with Crippen LogP contribution in [0, 0.1) is 0 Å². The Morgan fingerprint density at radius 1 is 1.07 bits per heavy atom. The van der Waals surface area contributed by atoms with Crippen LogP contribution in [0.15, 0.2) is 42.7 Å². The molecule has 1 saturated heterocycles. The van der Waals surface area contributed by atoms with Crippen molar-refractivity contribution in [3.63, 3.8) is 0 Å². The van der Waals surface area contributed by atoms with Crippen LogP contribution in [0.1, 0.15) is 37.3 Å². The summed E-state index contributed by atoms with van der Waals surface area (Å²) >= 11 is 6.12. The first kappa shape index (κ1) is 19.8. The monoisotopic (exact) mass is 411 g/mol. The van der Waals surface area contributed by atoms with Crippen molar-refractivity contribution in [2.24, 2.45) is 0 Å². The molecular weight excluding hydrogens is 386 g/mol. The highest BCUT2D eigenvalue weighted by molar-refractivity contribution is 6.30. The molecule has 0 bridgehead atoms. The molecule has 3 heterocycles. The molecule has 4 rings (SSSR count). The van der Waals surface area contributed by atoms with Gasteiger partial charge in [0.15, 0.2) is 5.82 Å². The van der Waals surface area contributed by atoms with E-state index in [0.717, 1.165) is 67.3 Å². The molecule has 1 fully saturated rings. The van der Waals surface area contributed by atoms with E-state index in [1.807, 2.05) is 30.3 Å². The van der Waals surface area contributed by atoms with Gasteiger partial charge in [0, 0.05) is 42.1 Å². The second-order valence-electron chi connectivity index (χ2n) is 7.43. The number of nitrogens with zero attached hydrogens (tertiary/aromatic N) is 7. The highest BCUT2D eigenvalue weighted by Gasteiger charge is 2.28. The van der Waals surface area contributed by atoms with Gasteiger partial charge in [-0.15, -0.1) is 10.2 Å². The molecule has 1 aliphatic heterocycles. The van der Waals surface area contributed by atoms with Crippen LogP contribution in [0.25, 0.3) is 5.69 Å². The minimum absolute atomic E-state index is 0.346. The van der Waals surface area contributed by atoms with Crippen molar-refractivity contribution in [3.8, 4) is 5.69 Å². The third kappa shape index (κ3) is 4.41. The first-order valence-electron chi connectivity index (χ1n) is 10.1. The van der Waals surface area contributed by atoms with Gasteiger partial charge in [-0.1, -0.05) is 18.5 Å². The van der Waals surface area contributed by atoms with Gasteiger partial charge in [-0.3, -0.25) is 9.47 Å². The summed E-state index contributed by atoms with van der Waals surface area (Å²) in [6, 6.07) is 9.77. The number of anilines is 1. The Balaban J connectivity index is 1.59. The van der Waals surface area contributed by atoms with Crippen LogP contribution in [-0.2, 0) is 6.54 Å². The van der Waals surface area contributed by atoms with E-state index >= 15 is 0 Å². The molecule has 0 unspecified atom stereocenters. The number of hydrogen-bond donors (Lipinski definition) is 0. The van der Waals surface area contributed by atoms with Gasteiger partial charge >= 0.3 is 0 Å². The summed E-state index contributed by atoms with van der Waals surface area (Å²) in [5.41, 5.74) is 1.06. The summed E-state index contributed by atoms with van der Waals surface area (Å²) in [5, 5.41) is 9.91. The largest absolute Gasteiger partial charge is 0.341 e.